The molecule has 0 radical (unpaired) electrons. The summed E-state index contributed by atoms with van der Waals surface area (Å²) >= 11 is 0. The molecule has 3 aromatic rings. The normalized spacial score (nSPS) is 21.7. The number of imidazole rings is 1. The molecule has 2 N–H and O–H groups in total. The number of amides is 1. The van der Waals surface area contributed by atoms with E-state index in [4.69, 9.17) is 4.42 Å². The van der Waals surface area contributed by atoms with Crippen LogP contribution in [-0.2, 0) is 17.8 Å². The summed E-state index contributed by atoms with van der Waals surface area (Å²) in [6.45, 7) is 2.50. The van der Waals surface area contributed by atoms with Crippen molar-refractivity contribution < 1.29 is 14.3 Å². The van der Waals surface area contributed by atoms with Crippen LogP contribution in [0.25, 0.3) is 11.4 Å². The summed E-state index contributed by atoms with van der Waals surface area (Å²) in [5.41, 5.74) is 1.07. The average Bonchev–Trinajstić information content (AvgIpc) is 3.38. The maximum absolute atomic E-state index is 12.3. The number of nitrogens with one attached hydrogen (secondary N) is 1. The van der Waals surface area contributed by atoms with E-state index in [0.29, 0.717) is 18.1 Å². The Morgan fingerprint density at radius 1 is 1.29 bits per heavy atom. The predicted molar refractivity (Wildman–Crippen MR) is 103 cm³/mol. The van der Waals surface area contributed by atoms with Gasteiger partial charge in [-0.15, -0.1) is 0 Å². The Morgan fingerprint density at radius 3 is 2.86 bits per heavy atom. The van der Waals surface area contributed by atoms with Crippen molar-refractivity contribution in [2.45, 2.75) is 44.9 Å². The molecule has 7 heteroatoms. The van der Waals surface area contributed by atoms with Gasteiger partial charge in [-0.25, -0.2) is 9.97 Å². The smallest absolute Gasteiger partial charge is 0.227 e. The van der Waals surface area contributed by atoms with Crippen LogP contribution in [0.3, 0.4) is 0 Å². The van der Waals surface area contributed by atoms with Gasteiger partial charge < -0.3 is 19.4 Å². The van der Waals surface area contributed by atoms with Crippen molar-refractivity contribution in [1.29, 1.82) is 0 Å². The van der Waals surface area contributed by atoms with Gasteiger partial charge in [0.05, 0.1) is 24.8 Å². The molecule has 1 aliphatic carbocycles. The summed E-state index contributed by atoms with van der Waals surface area (Å²) < 4.78 is 7.47. The van der Waals surface area contributed by atoms with Crippen LogP contribution < -0.4 is 5.32 Å². The molecule has 4 rings (SSSR count). The second kappa shape index (κ2) is 7.98. The zero-order chi connectivity index (χ0) is 19.5. The molecular weight excluding hydrogens is 356 g/mol. The number of nitrogens with zero attached hydrogens (tertiary/aromatic N) is 3. The number of hydrogen-bond donors (Lipinski definition) is 2. The molecule has 7 nitrogen and oxygen atoms in total. The van der Waals surface area contributed by atoms with Gasteiger partial charge in [0.2, 0.25) is 5.91 Å². The second-order valence-corrected chi connectivity index (χ2v) is 7.37. The Labute approximate surface area is 163 Å². The first kappa shape index (κ1) is 18.4. The molecule has 3 atom stereocenters. The summed E-state index contributed by atoms with van der Waals surface area (Å²) in [7, 11) is 0. The minimum Gasteiger partial charge on any atom is -0.446 e. The molecule has 2 heterocycles. The number of aryl methyl sites for hydroxylation is 1. The molecule has 1 aliphatic rings. The highest BCUT2D eigenvalue weighted by Crippen LogP contribution is 2.29. The fourth-order valence-electron chi connectivity index (χ4n) is 3.91. The summed E-state index contributed by atoms with van der Waals surface area (Å²) in [5, 5.41) is 13.4. The molecule has 0 aliphatic heterocycles. The highest BCUT2D eigenvalue weighted by Gasteiger charge is 2.34. The molecule has 1 saturated carbocycles. The van der Waals surface area contributed by atoms with Gasteiger partial charge in [0, 0.05) is 31.4 Å². The average molecular weight is 380 g/mol. The Kier molecular flexibility index (Phi) is 5.25. The first-order valence-electron chi connectivity index (χ1n) is 9.54. The third-order valence-electron chi connectivity index (χ3n) is 5.18. The Bertz CT molecular complexity index is 934. The lowest BCUT2D eigenvalue weighted by Crippen LogP contribution is -2.40. The van der Waals surface area contributed by atoms with Gasteiger partial charge >= 0.3 is 0 Å². The minimum atomic E-state index is -0.547. The second-order valence-electron chi connectivity index (χ2n) is 7.37. The maximum Gasteiger partial charge on any atom is 0.227 e. The monoisotopic (exact) mass is 380 g/mol. The topological polar surface area (TPSA) is 93.2 Å². The van der Waals surface area contributed by atoms with Crippen LogP contribution in [-0.4, -0.2) is 37.7 Å². The maximum atomic E-state index is 12.3. The lowest BCUT2D eigenvalue weighted by molar-refractivity contribution is -0.122. The molecule has 1 aromatic carbocycles. The van der Waals surface area contributed by atoms with Crippen molar-refractivity contribution in [3.63, 3.8) is 0 Å². The zero-order valence-electron chi connectivity index (χ0n) is 15.8. The summed E-state index contributed by atoms with van der Waals surface area (Å²) in [6, 6.07) is 9.81. The number of hydrogen-bond acceptors (Lipinski definition) is 5. The van der Waals surface area contributed by atoms with Gasteiger partial charge in [0.15, 0.2) is 5.89 Å². The molecule has 2 aromatic heterocycles. The van der Waals surface area contributed by atoms with E-state index >= 15 is 0 Å². The number of aromatic nitrogens is 3. The van der Waals surface area contributed by atoms with E-state index < -0.39 is 6.10 Å². The lowest BCUT2D eigenvalue weighted by Gasteiger charge is -2.16. The van der Waals surface area contributed by atoms with Gasteiger partial charge in [-0.2, -0.15) is 0 Å². The van der Waals surface area contributed by atoms with E-state index in [1.165, 1.54) is 0 Å². The molecule has 0 saturated heterocycles. The SMILES string of the molecule is Cc1ncc(CC(=O)N[C@@H]2CC(Cn3ccnc3-c3ccccc3)C[C@H]2O)o1. The summed E-state index contributed by atoms with van der Waals surface area (Å²) in [6.07, 6.45) is 6.29. The zero-order valence-corrected chi connectivity index (χ0v) is 15.8. The lowest BCUT2D eigenvalue weighted by atomic mass is 10.1. The van der Waals surface area contributed by atoms with E-state index in [1.807, 2.05) is 36.5 Å². The van der Waals surface area contributed by atoms with Crippen LogP contribution in [0, 0.1) is 12.8 Å². The van der Waals surface area contributed by atoms with Crippen molar-refractivity contribution in [3.05, 3.63) is 60.6 Å². The third-order valence-corrected chi connectivity index (χ3v) is 5.18. The quantitative estimate of drug-likeness (QED) is 0.685. The molecule has 28 heavy (non-hydrogen) atoms. The molecule has 1 amide bonds. The van der Waals surface area contributed by atoms with Crippen LogP contribution in [0.5, 0.6) is 0 Å². The van der Waals surface area contributed by atoms with E-state index in [0.717, 1.165) is 24.4 Å². The van der Waals surface area contributed by atoms with E-state index in [2.05, 4.69) is 19.9 Å². The molecule has 0 bridgehead atoms. The number of carbonyl (C=O) groups excluding carboxylic acids is 1. The third kappa shape index (κ3) is 4.14. The van der Waals surface area contributed by atoms with Crippen LogP contribution in [0.4, 0.5) is 0 Å². The van der Waals surface area contributed by atoms with Gasteiger partial charge in [-0.3, -0.25) is 4.79 Å². The van der Waals surface area contributed by atoms with Crippen molar-refractivity contribution >= 4 is 5.91 Å². The van der Waals surface area contributed by atoms with Gasteiger partial charge in [-0.05, 0) is 18.8 Å². The number of oxazole rings is 1. The number of aliphatic hydroxyl groups is 1. The van der Waals surface area contributed by atoms with Crippen molar-refractivity contribution in [1.82, 2.24) is 19.9 Å². The Morgan fingerprint density at radius 2 is 2.11 bits per heavy atom. The van der Waals surface area contributed by atoms with Gasteiger partial charge in [0.1, 0.15) is 11.6 Å². The molecule has 146 valence electrons. The molecule has 0 spiro atoms. The van der Waals surface area contributed by atoms with E-state index in [9.17, 15) is 9.90 Å². The fraction of sp³-hybridized carbons (Fsp3) is 0.381. The molecular formula is C21H24N4O3. The molecule has 1 unspecified atom stereocenters. The number of carbonyl (C=O) groups is 1. The number of aliphatic hydroxyl groups excluding tert-OH is 1. The van der Waals surface area contributed by atoms with E-state index in [-0.39, 0.29) is 24.3 Å². The first-order chi connectivity index (χ1) is 13.6. The van der Waals surface area contributed by atoms with Crippen molar-refractivity contribution in [2.75, 3.05) is 0 Å². The highest BCUT2D eigenvalue weighted by atomic mass is 16.4. The van der Waals surface area contributed by atoms with Crippen LogP contribution in [0.2, 0.25) is 0 Å². The fourth-order valence-corrected chi connectivity index (χ4v) is 3.91. The minimum absolute atomic E-state index is 0.133. The van der Waals surface area contributed by atoms with Crippen LogP contribution in [0.15, 0.2) is 53.3 Å². The largest absolute Gasteiger partial charge is 0.446 e. The first-order valence-corrected chi connectivity index (χ1v) is 9.54. The van der Waals surface area contributed by atoms with Crippen molar-refractivity contribution in [2.24, 2.45) is 5.92 Å². The Balaban J connectivity index is 1.36. The highest BCUT2D eigenvalue weighted by molar-refractivity contribution is 5.78. The standard InChI is InChI=1S/C21H24N4O3/c1-14-23-12-17(28-14)11-20(27)24-18-9-15(10-19(18)26)13-25-8-7-22-21(25)16-5-3-2-4-6-16/h2-8,12,15,18-19,26H,9-11,13H2,1H3,(H,24,27)/t15?,18-,19-/m1/s1. The van der Waals surface area contributed by atoms with Crippen LogP contribution >= 0.6 is 0 Å². The van der Waals surface area contributed by atoms with Crippen molar-refractivity contribution in [3.8, 4) is 11.4 Å². The Hall–Kier alpha value is -2.93. The van der Waals surface area contributed by atoms with Gasteiger partial charge in [0.25, 0.3) is 0 Å². The number of rotatable bonds is 6. The summed E-state index contributed by atoms with van der Waals surface area (Å²) in [4.78, 5) is 20.7. The number of benzene rings is 1. The summed E-state index contributed by atoms with van der Waals surface area (Å²) in [5.74, 6) is 2.10. The predicted octanol–water partition coefficient (Wildman–Crippen LogP) is 2.34. The van der Waals surface area contributed by atoms with Crippen LogP contribution in [0.1, 0.15) is 24.5 Å². The molecule has 1 fully saturated rings. The van der Waals surface area contributed by atoms with Gasteiger partial charge in [-0.1, -0.05) is 30.3 Å². The van der Waals surface area contributed by atoms with E-state index in [1.54, 1.807) is 19.3 Å².